The molecule has 0 atom stereocenters. The Labute approximate surface area is 93.1 Å². The number of nitrogens with two attached hydrogens (primary N) is 1. The van der Waals surface area contributed by atoms with E-state index in [1.165, 1.54) is 36.1 Å². The molecule has 1 aliphatic carbocycles. The summed E-state index contributed by atoms with van der Waals surface area (Å²) in [4.78, 5) is 0. The van der Waals surface area contributed by atoms with Crippen molar-refractivity contribution in [2.24, 2.45) is 17.6 Å². The van der Waals surface area contributed by atoms with Crippen molar-refractivity contribution in [1.29, 1.82) is 0 Å². The molecule has 1 fully saturated rings. The summed E-state index contributed by atoms with van der Waals surface area (Å²) in [5.74, 6) is 1.71. The topological polar surface area (TPSA) is 38.0 Å². The van der Waals surface area contributed by atoms with Crippen LogP contribution in [0.2, 0.25) is 0 Å². The van der Waals surface area contributed by atoms with Crippen LogP contribution < -0.4 is 11.1 Å². The molecule has 75 valence electrons. The predicted molar refractivity (Wildman–Crippen MR) is 53.2 cm³/mol. The zero-order valence-corrected chi connectivity index (χ0v) is 10.6. The van der Waals surface area contributed by atoms with Gasteiger partial charge in [0.2, 0.25) is 0 Å². The van der Waals surface area contributed by atoms with Crippen LogP contribution in [0.5, 0.6) is 0 Å². The number of hydrogen-bond donors (Lipinski definition) is 2. The summed E-state index contributed by atoms with van der Waals surface area (Å²) in [5, 5.41) is 3.46. The van der Waals surface area contributed by atoms with E-state index in [1.807, 2.05) is 0 Å². The fraction of sp³-hybridized carbons (Fsp3) is 0.900. The molecule has 0 saturated heterocycles. The quantitative estimate of drug-likeness (QED) is 0.742. The summed E-state index contributed by atoms with van der Waals surface area (Å²) < 4.78 is 1.38. The van der Waals surface area contributed by atoms with E-state index in [2.05, 4.69) is 12.2 Å². The molecule has 0 amide bonds. The second kappa shape index (κ2) is 6.10. The van der Waals surface area contributed by atoms with E-state index in [9.17, 15) is 0 Å². The molecule has 0 aliphatic heterocycles. The van der Waals surface area contributed by atoms with E-state index in [0.29, 0.717) is 0 Å². The molecule has 0 unspecified atom stereocenters. The van der Waals surface area contributed by atoms with Crippen LogP contribution in [0.25, 0.3) is 0 Å². The van der Waals surface area contributed by atoms with Crippen molar-refractivity contribution in [3.8, 4) is 0 Å². The van der Waals surface area contributed by atoms with E-state index in [4.69, 9.17) is 5.73 Å². The molecule has 3 heteroatoms. The van der Waals surface area contributed by atoms with Gasteiger partial charge in [-0.3, -0.25) is 0 Å². The molecule has 0 aromatic carbocycles. The Kier molecular flexibility index (Phi) is 5.44. The molecule has 13 heavy (non-hydrogen) atoms. The number of nitrogens with one attached hydrogen (secondary N) is 1. The minimum atomic E-state index is 0.811. The summed E-state index contributed by atoms with van der Waals surface area (Å²) in [5.41, 5.74) is 5.65. The first-order chi connectivity index (χ1) is 6.22. The van der Waals surface area contributed by atoms with Gasteiger partial charge in [-0.2, -0.15) is 0 Å². The third-order valence-corrected chi connectivity index (χ3v) is 3.33. The molecule has 0 bridgehead atoms. The van der Waals surface area contributed by atoms with Gasteiger partial charge in [0.15, 0.2) is 0 Å². The molecule has 0 heterocycles. The van der Waals surface area contributed by atoms with Crippen molar-refractivity contribution in [3.05, 3.63) is 0 Å². The second-order valence-corrected chi connectivity index (χ2v) is 5.74. The van der Waals surface area contributed by atoms with Crippen LogP contribution in [-0.2, 0) is 20.6 Å². The van der Waals surface area contributed by atoms with Gasteiger partial charge < -0.3 is 0 Å². The third-order valence-electron chi connectivity index (χ3n) is 2.95. The first kappa shape index (κ1) is 11.6. The molecular formula is C10H20N2Nb. The van der Waals surface area contributed by atoms with Crippen molar-refractivity contribution in [2.45, 2.75) is 32.6 Å². The molecule has 0 aromatic heterocycles. The molecular weight excluding hydrogens is 241 g/mol. The van der Waals surface area contributed by atoms with E-state index in [0.717, 1.165) is 18.4 Å². The van der Waals surface area contributed by atoms with Gasteiger partial charge in [-0.25, -0.2) is 0 Å². The minimum absolute atomic E-state index is 0.811. The van der Waals surface area contributed by atoms with Gasteiger partial charge in [0.1, 0.15) is 0 Å². The van der Waals surface area contributed by atoms with E-state index in [1.54, 1.807) is 20.6 Å². The Bertz CT molecular complexity index is 162. The summed E-state index contributed by atoms with van der Waals surface area (Å²) in [6.45, 7) is 4.22. The number of rotatable bonds is 4. The summed E-state index contributed by atoms with van der Waals surface area (Å²) in [6.07, 6.45) is 5.42. The van der Waals surface area contributed by atoms with Crippen molar-refractivity contribution in [3.63, 3.8) is 0 Å². The number of hydrogen-bond acceptors (Lipinski definition) is 2. The standard InChI is InChI=1S/C10H20N2.Nb/c1-2-12-8-10-5-3-9(7-11)4-6-10;/h9-10,12H,3-8,11H2,1H3;. The molecule has 1 aliphatic rings. The second-order valence-electron chi connectivity index (χ2n) is 4.09. The Morgan fingerprint density at radius 3 is 2.31 bits per heavy atom. The van der Waals surface area contributed by atoms with Crippen LogP contribution in [0.15, 0.2) is 0 Å². The van der Waals surface area contributed by atoms with E-state index < -0.39 is 0 Å². The van der Waals surface area contributed by atoms with E-state index >= 15 is 0 Å². The van der Waals surface area contributed by atoms with Gasteiger partial charge in [-0.15, -0.1) is 0 Å². The van der Waals surface area contributed by atoms with Crippen LogP contribution in [0, 0.1) is 11.8 Å². The first-order valence-electron chi connectivity index (χ1n) is 5.18. The monoisotopic (exact) mass is 261 g/mol. The summed E-state index contributed by atoms with van der Waals surface area (Å²) in [7, 11) is 0. The molecule has 1 rings (SSSR count). The van der Waals surface area contributed by atoms with Gasteiger partial charge >= 0.3 is 93.0 Å². The fourth-order valence-electron chi connectivity index (χ4n) is 1.96. The normalized spacial score (nSPS) is 28.7. The van der Waals surface area contributed by atoms with Crippen LogP contribution >= 0.6 is 0 Å². The first-order valence-corrected chi connectivity index (χ1v) is 6.28. The van der Waals surface area contributed by atoms with Gasteiger partial charge in [-0.1, -0.05) is 0 Å². The van der Waals surface area contributed by atoms with Gasteiger partial charge in [0, 0.05) is 0 Å². The van der Waals surface area contributed by atoms with Gasteiger partial charge in [-0.05, 0) is 0 Å². The SMILES string of the molecule is C[C](=[Nb])NCC1CCC(CN)CC1. The summed E-state index contributed by atoms with van der Waals surface area (Å²) >= 11 is 1.79. The molecule has 3 N–H and O–H groups in total. The molecule has 0 spiro atoms. The fourth-order valence-corrected chi connectivity index (χ4v) is 2.19. The molecule has 2 nitrogen and oxygen atoms in total. The zero-order valence-electron chi connectivity index (χ0n) is 8.42. The van der Waals surface area contributed by atoms with Crippen molar-refractivity contribution in [1.82, 2.24) is 5.32 Å². The van der Waals surface area contributed by atoms with Gasteiger partial charge in [0.25, 0.3) is 0 Å². The van der Waals surface area contributed by atoms with Crippen LogP contribution in [0.1, 0.15) is 32.6 Å². The molecule has 0 aromatic rings. The average molecular weight is 261 g/mol. The Morgan fingerprint density at radius 1 is 1.31 bits per heavy atom. The van der Waals surface area contributed by atoms with Crippen LogP contribution in [-0.4, -0.2) is 16.9 Å². The predicted octanol–water partition coefficient (Wildman–Crippen LogP) is 1.04. The van der Waals surface area contributed by atoms with Gasteiger partial charge in [0.05, 0.1) is 0 Å². The zero-order chi connectivity index (χ0) is 9.68. The Morgan fingerprint density at radius 2 is 1.85 bits per heavy atom. The van der Waals surface area contributed by atoms with Crippen molar-refractivity contribution >= 4 is 3.85 Å². The maximum absolute atomic E-state index is 5.65. The van der Waals surface area contributed by atoms with Crippen LogP contribution in [0.3, 0.4) is 0 Å². The Balaban J connectivity index is 2.14. The van der Waals surface area contributed by atoms with Crippen LogP contribution in [0.4, 0.5) is 0 Å². The van der Waals surface area contributed by atoms with E-state index in [-0.39, 0.29) is 0 Å². The maximum atomic E-state index is 5.65. The molecule has 0 radical (unpaired) electrons. The summed E-state index contributed by atoms with van der Waals surface area (Å²) in [6, 6.07) is 0. The Hall–Kier alpha value is 0.530. The third kappa shape index (κ3) is 4.52. The van der Waals surface area contributed by atoms with Crippen molar-refractivity contribution < 1.29 is 20.6 Å². The molecule has 1 saturated carbocycles. The average Bonchev–Trinajstić information content (AvgIpc) is 2.15. The van der Waals surface area contributed by atoms with Crippen molar-refractivity contribution in [2.75, 3.05) is 13.1 Å².